The van der Waals surface area contributed by atoms with Crippen LogP contribution in [0, 0.1) is 0 Å². The van der Waals surface area contributed by atoms with E-state index < -0.39 is 5.91 Å². The van der Waals surface area contributed by atoms with Crippen molar-refractivity contribution in [3.63, 3.8) is 0 Å². The number of para-hydroxylation sites is 1. The molecule has 0 saturated heterocycles. The maximum absolute atomic E-state index is 10.8. The highest BCUT2D eigenvalue weighted by Crippen LogP contribution is 2.32. The van der Waals surface area contributed by atoms with Crippen molar-refractivity contribution in [1.29, 1.82) is 0 Å². The zero-order valence-electron chi connectivity index (χ0n) is 11.8. The summed E-state index contributed by atoms with van der Waals surface area (Å²) in [5.74, 6) is 1.47. The lowest BCUT2D eigenvalue weighted by atomic mass is 10.2. The summed E-state index contributed by atoms with van der Waals surface area (Å²) < 4.78 is 11.4. The Balaban J connectivity index is 2.30. The van der Waals surface area contributed by atoms with Crippen LogP contribution in [0.1, 0.15) is 12.5 Å². The first-order valence-corrected chi connectivity index (χ1v) is 6.66. The molecule has 0 atom stereocenters. The molecule has 0 bridgehead atoms. The molecule has 0 radical (unpaired) electrons. The fraction of sp³-hybridized carbons (Fsp3) is 0.118. The Kier molecular flexibility index (Phi) is 4.99. The van der Waals surface area contributed by atoms with E-state index in [1.54, 1.807) is 12.1 Å². The van der Waals surface area contributed by atoms with Gasteiger partial charge >= 0.3 is 0 Å². The Hall–Kier alpha value is -2.75. The predicted octanol–water partition coefficient (Wildman–Crippen LogP) is 3.38. The highest BCUT2D eigenvalue weighted by atomic mass is 16.5. The van der Waals surface area contributed by atoms with Gasteiger partial charge in [-0.15, -0.1) is 0 Å². The summed E-state index contributed by atoms with van der Waals surface area (Å²) >= 11 is 0. The molecule has 0 aliphatic heterocycles. The second-order valence-electron chi connectivity index (χ2n) is 4.29. The molecule has 21 heavy (non-hydrogen) atoms. The molecular weight excluding hydrogens is 266 g/mol. The molecule has 0 aliphatic carbocycles. The van der Waals surface area contributed by atoms with E-state index in [2.05, 4.69) is 0 Å². The smallest absolute Gasteiger partial charge is 0.241 e. The van der Waals surface area contributed by atoms with Crippen molar-refractivity contribution in [2.24, 2.45) is 5.73 Å². The molecule has 2 rings (SSSR count). The number of benzene rings is 2. The average Bonchev–Trinajstić information content (AvgIpc) is 2.48. The maximum atomic E-state index is 10.8. The molecule has 0 spiro atoms. The number of amides is 1. The van der Waals surface area contributed by atoms with Gasteiger partial charge in [-0.3, -0.25) is 4.79 Å². The van der Waals surface area contributed by atoms with Crippen molar-refractivity contribution in [3.05, 3.63) is 60.2 Å². The number of hydrogen-bond acceptors (Lipinski definition) is 3. The quantitative estimate of drug-likeness (QED) is 0.827. The molecular formula is C17H17NO3. The van der Waals surface area contributed by atoms with Crippen LogP contribution >= 0.6 is 0 Å². The summed E-state index contributed by atoms with van der Waals surface area (Å²) in [4.78, 5) is 10.8. The van der Waals surface area contributed by atoms with Crippen LogP contribution in [0.3, 0.4) is 0 Å². The topological polar surface area (TPSA) is 61.5 Å². The van der Waals surface area contributed by atoms with Crippen LogP contribution in [0.5, 0.6) is 17.2 Å². The molecule has 0 fully saturated rings. The van der Waals surface area contributed by atoms with Gasteiger partial charge in [0.25, 0.3) is 0 Å². The van der Waals surface area contributed by atoms with Crippen LogP contribution in [-0.2, 0) is 4.79 Å². The average molecular weight is 283 g/mol. The number of hydrogen-bond donors (Lipinski definition) is 1. The van der Waals surface area contributed by atoms with E-state index in [9.17, 15) is 4.79 Å². The Morgan fingerprint density at radius 2 is 1.90 bits per heavy atom. The van der Waals surface area contributed by atoms with Crippen molar-refractivity contribution in [2.45, 2.75) is 6.92 Å². The summed E-state index contributed by atoms with van der Waals surface area (Å²) in [7, 11) is 0. The van der Waals surface area contributed by atoms with Crippen molar-refractivity contribution in [1.82, 2.24) is 0 Å². The zero-order valence-corrected chi connectivity index (χ0v) is 11.8. The first-order chi connectivity index (χ1) is 10.2. The van der Waals surface area contributed by atoms with Gasteiger partial charge in [0.05, 0.1) is 6.61 Å². The molecule has 0 saturated carbocycles. The summed E-state index contributed by atoms with van der Waals surface area (Å²) in [6.07, 6.45) is 2.94. The number of carbonyl (C=O) groups excluding carboxylic acids is 1. The molecule has 108 valence electrons. The van der Waals surface area contributed by atoms with Crippen LogP contribution in [0.4, 0.5) is 0 Å². The third-order valence-corrected chi connectivity index (χ3v) is 2.68. The highest BCUT2D eigenvalue weighted by Gasteiger charge is 2.07. The third kappa shape index (κ3) is 4.38. The molecule has 0 aliphatic rings. The lowest BCUT2D eigenvalue weighted by Gasteiger charge is -2.12. The summed E-state index contributed by atoms with van der Waals surface area (Å²) in [5, 5.41) is 0. The van der Waals surface area contributed by atoms with Gasteiger partial charge in [0.15, 0.2) is 11.5 Å². The normalized spacial score (nSPS) is 10.5. The molecule has 4 heteroatoms. The second-order valence-corrected chi connectivity index (χ2v) is 4.29. The number of nitrogens with two attached hydrogens (primary N) is 1. The van der Waals surface area contributed by atoms with Gasteiger partial charge in [-0.1, -0.05) is 24.3 Å². The molecule has 0 heterocycles. The van der Waals surface area contributed by atoms with Gasteiger partial charge < -0.3 is 15.2 Å². The molecule has 2 aromatic carbocycles. The zero-order chi connectivity index (χ0) is 15.1. The fourth-order valence-electron chi connectivity index (χ4n) is 1.78. The standard InChI is InChI=1S/C17H17NO3/c1-2-20-15-10-8-13(9-11-17(18)19)12-16(15)21-14-6-4-3-5-7-14/h3-12H,2H2,1H3,(H2,18,19)/b11-9+. The van der Waals surface area contributed by atoms with Gasteiger partial charge in [-0.05, 0) is 42.8 Å². The van der Waals surface area contributed by atoms with Gasteiger partial charge in [0.1, 0.15) is 5.75 Å². The predicted molar refractivity (Wildman–Crippen MR) is 82.4 cm³/mol. The lowest BCUT2D eigenvalue weighted by molar-refractivity contribution is -0.113. The first kappa shape index (κ1) is 14.7. The highest BCUT2D eigenvalue weighted by molar-refractivity contribution is 5.90. The number of primary amides is 1. The van der Waals surface area contributed by atoms with Crippen molar-refractivity contribution in [2.75, 3.05) is 6.61 Å². The molecule has 1 amide bonds. The summed E-state index contributed by atoms with van der Waals surface area (Å²) in [6, 6.07) is 14.9. The summed E-state index contributed by atoms with van der Waals surface area (Å²) in [6.45, 7) is 2.45. The second kappa shape index (κ2) is 7.14. The Morgan fingerprint density at radius 1 is 1.14 bits per heavy atom. The van der Waals surface area contributed by atoms with E-state index in [1.165, 1.54) is 6.08 Å². The molecule has 2 aromatic rings. The Morgan fingerprint density at radius 3 is 2.57 bits per heavy atom. The molecule has 4 nitrogen and oxygen atoms in total. The SMILES string of the molecule is CCOc1ccc(/C=C/C(N)=O)cc1Oc1ccccc1. The van der Waals surface area contributed by atoms with E-state index >= 15 is 0 Å². The number of rotatable bonds is 6. The van der Waals surface area contributed by atoms with Crippen molar-refractivity contribution in [3.8, 4) is 17.2 Å². The van der Waals surface area contributed by atoms with Gasteiger partial charge in [-0.2, -0.15) is 0 Å². The molecule has 0 aromatic heterocycles. The van der Waals surface area contributed by atoms with E-state index in [1.807, 2.05) is 49.4 Å². The minimum atomic E-state index is -0.491. The minimum absolute atomic E-state index is 0.491. The lowest BCUT2D eigenvalue weighted by Crippen LogP contribution is -2.05. The Bertz CT molecular complexity index is 636. The van der Waals surface area contributed by atoms with Crippen LogP contribution in [-0.4, -0.2) is 12.5 Å². The summed E-state index contributed by atoms with van der Waals surface area (Å²) in [5.41, 5.74) is 5.91. The van der Waals surface area contributed by atoms with Gasteiger partial charge in [0, 0.05) is 6.08 Å². The molecule has 0 unspecified atom stereocenters. The first-order valence-electron chi connectivity index (χ1n) is 6.66. The maximum Gasteiger partial charge on any atom is 0.241 e. The largest absolute Gasteiger partial charge is 0.490 e. The number of carbonyl (C=O) groups is 1. The minimum Gasteiger partial charge on any atom is -0.490 e. The fourth-order valence-corrected chi connectivity index (χ4v) is 1.78. The van der Waals surface area contributed by atoms with Crippen molar-refractivity contribution < 1.29 is 14.3 Å². The number of ether oxygens (including phenoxy) is 2. The van der Waals surface area contributed by atoms with E-state index in [0.29, 0.717) is 18.1 Å². The Labute approximate surface area is 123 Å². The van der Waals surface area contributed by atoms with E-state index in [4.69, 9.17) is 15.2 Å². The van der Waals surface area contributed by atoms with Gasteiger partial charge in [0.2, 0.25) is 5.91 Å². The van der Waals surface area contributed by atoms with Crippen molar-refractivity contribution >= 4 is 12.0 Å². The van der Waals surface area contributed by atoms with E-state index in [0.717, 1.165) is 11.3 Å². The third-order valence-electron chi connectivity index (χ3n) is 2.68. The van der Waals surface area contributed by atoms with Gasteiger partial charge in [-0.25, -0.2) is 0 Å². The monoisotopic (exact) mass is 283 g/mol. The van der Waals surface area contributed by atoms with Crippen LogP contribution in [0.2, 0.25) is 0 Å². The van der Waals surface area contributed by atoms with Crippen LogP contribution < -0.4 is 15.2 Å². The van der Waals surface area contributed by atoms with Crippen LogP contribution in [0.25, 0.3) is 6.08 Å². The van der Waals surface area contributed by atoms with Crippen LogP contribution in [0.15, 0.2) is 54.6 Å². The molecule has 2 N–H and O–H groups in total. The van der Waals surface area contributed by atoms with E-state index in [-0.39, 0.29) is 0 Å².